The Balaban J connectivity index is 2.32. The van der Waals surface area contributed by atoms with E-state index in [1.165, 1.54) is 21.3 Å². The van der Waals surface area contributed by atoms with Crippen LogP contribution in [0.3, 0.4) is 0 Å². The Bertz CT molecular complexity index is 613. The number of anilines is 1. The number of aryl methyl sites for hydroxylation is 1. The summed E-state index contributed by atoms with van der Waals surface area (Å²) in [6, 6.07) is 4.58. The van der Waals surface area contributed by atoms with Gasteiger partial charge in [-0.15, -0.1) is 0 Å². The largest absolute Gasteiger partial charge is 0.399 e. The second kappa shape index (κ2) is 4.82. The second-order valence-electron chi connectivity index (χ2n) is 4.67. The van der Waals surface area contributed by atoms with Gasteiger partial charge >= 0.3 is 0 Å². The Labute approximate surface area is 112 Å². The molecule has 1 fully saturated rings. The average Bonchev–Trinajstić information content (AvgIpc) is 2.35. The van der Waals surface area contributed by atoms with Crippen LogP contribution in [-0.4, -0.2) is 50.2 Å². The Morgan fingerprint density at radius 3 is 2.53 bits per heavy atom. The van der Waals surface area contributed by atoms with Crippen molar-refractivity contribution in [3.05, 3.63) is 23.8 Å². The second-order valence-corrected chi connectivity index (χ2v) is 6.61. The van der Waals surface area contributed by atoms with E-state index in [-0.39, 0.29) is 17.3 Å². The zero-order valence-corrected chi connectivity index (χ0v) is 11.8. The van der Waals surface area contributed by atoms with Gasteiger partial charge < -0.3 is 10.6 Å². The standard InChI is InChI=1S/C12H17N3O3S/c1-9-7-10(3-4-11(9)13)19(17,18)15-6-5-14(2)12(16)8-15/h3-4,7H,5-6,8,13H2,1-2H3. The number of nitrogen functional groups attached to an aromatic ring is 1. The van der Waals surface area contributed by atoms with Crippen molar-refractivity contribution in [3.63, 3.8) is 0 Å². The summed E-state index contributed by atoms with van der Waals surface area (Å²) in [5.74, 6) is -0.193. The number of nitrogens with two attached hydrogens (primary N) is 1. The van der Waals surface area contributed by atoms with E-state index < -0.39 is 10.0 Å². The minimum Gasteiger partial charge on any atom is -0.399 e. The van der Waals surface area contributed by atoms with E-state index in [4.69, 9.17) is 5.73 Å². The molecule has 1 aromatic carbocycles. The van der Waals surface area contributed by atoms with Crippen molar-refractivity contribution in [3.8, 4) is 0 Å². The molecular weight excluding hydrogens is 266 g/mol. The number of amides is 1. The third kappa shape index (κ3) is 2.57. The summed E-state index contributed by atoms with van der Waals surface area (Å²) in [6.45, 7) is 2.37. The fourth-order valence-corrected chi connectivity index (χ4v) is 3.37. The number of rotatable bonds is 2. The van der Waals surface area contributed by atoms with Gasteiger partial charge in [0.25, 0.3) is 0 Å². The van der Waals surface area contributed by atoms with E-state index >= 15 is 0 Å². The van der Waals surface area contributed by atoms with Crippen LogP contribution in [0.25, 0.3) is 0 Å². The molecule has 1 heterocycles. The molecule has 0 atom stereocenters. The molecule has 0 aliphatic carbocycles. The molecule has 7 heteroatoms. The van der Waals surface area contributed by atoms with Crippen molar-refractivity contribution < 1.29 is 13.2 Å². The first-order chi connectivity index (χ1) is 8.82. The molecule has 0 aromatic heterocycles. The molecule has 0 saturated carbocycles. The molecule has 19 heavy (non-hydrogen) atoms. The number of hydrogen-bond acceptors (Lipinski definition) is 4. The van der Waals surface area contributed by atoms with Crippen molar-refractivity contribution >= 4 is 21.6 Å². The van der Waals surface area contributed by atoms with Gasteiger partial charge in [0.15, 0.2) is 0 Å². The Hall–Kier alpha value is -1.60. The number of carbonyl (C=O) groups is 1. The number of hydrogen-bond donors (Lipinski definition) is 1. The van der Waals surface area contributed by atoms with E-state index in [2.05, 4.69) is 0 Å². The van der Waals surface area contributed by atoms with Crippen molar-refractivity contribution in [1.82, 2.24) is 9.21 Å². The monoisotopic (exact) mass is 283 g/mol. The van der Waals surface area contributed by atoms with Crippen LogP contribution in [-0.2, 0) is 14.8 Å². The number of sulfonamides is 1. The van der Waals surface area contributed by atoms with E-state index in [1.54, 1.807) is 20.0 Å². The molecule has 2 N–H and O–H groups in total. The molecule has 0 bridgehead atoms. The van der Waals surface area contributed by atoms with Crippen LogP contribution in [0.5, 0.6) is 0 Å². The van der Waals surface area contributed by atoms with Gasteiger partial charge in [-0.05, 0) is 30.7 Å². The number of nitrogens with zero attached hydrogens (tertiary/aromatic N) is 2. The molecule has 104 valence electrons. The van der Waals surface area contributed by atoms with Crippen molar-refractivity contribution in [2.45, 2.75) is 11.8 Å². The maximum atomic E-state index is 12.4. The molecule has 1 amide bonds. The van der Waals surface area contributed by atoms with Crippen LogP contribution >= 0.6 is 0 Å². The highest BCUT2D eigenvalue weighted by Gasteiger charge is 2.31. The van der Waals surface area contributed by atoms with Gasteiger partial charge in [0.05, 0.1) is 11.4 Å². The molecule has 1 aliphatic heterocycles. The van der Waals surface area contributed by atoms with Gasteiger partial charge in [0.2, 0.25) is 15.9 Å². The molecule has 1 aliphatic rings. The van der Waals surface area contributed by atoms with Gasteiger partial charge in [-0.2, -0.15) is 4.31 Å². The SMILES string of the molecule is Cc1cc(S(=O)(=O)N2CCN(C)C(=O)C2)ccc1N. The zero-order valence-electron chi connectivity index (χ0n) is 11.0. The third-order valence-electron chi connectivity index (χ3n) is 3.30. The summed E-state index contributed by atoms with van der Waals surface area (Å²) in [5, 5.41) is 0. The lowest BCUT2D eigenvalue weighted by Gasteiger charge is -2.31. The van der Waals surface area contributed by atoms with E-state index in [0.29, 0.717) is 24.3 Å². The molecule has 2 rings (SSSR count). The Morgan fingerprint density at radius 2 is 1.95 bits per heavy atom. The lowest BCUT2D eigenvalue weighted by Crippen LogP contribution is -2.50. The predicted octanol–water partition coefficient (Wildman–Crippen LogP) is 0.0399. The maximum Gasteiger partial charge on any atom is 0.243 e. The van der Waals surface area contributed by atoms with Crippen LogP contribution in [0.1, 0.15) is 5.56 Å². The highest BCUT2D eigenvalue weighted by atomic mass is 32.2. The lowest BCUT2D eigenvalue weighted by atomic mass is 10.2. The normalized spacial score (nSPS) is 17.8. The average molecular weight is 283 g/mol. The van der Waals surface area contributed by atoms with Crippen molar-refractivity contribution in [2.24, 2.45) is 0 Å². The summed E-state index contributed by atoms with van der Waals surface area (Å²) in [5.41, 5.74) is 6.94. The first-order valence-corrected chi connectivity index (χ1v) is 7.36. The first-order valence-electron chi connectivity index (χ1n) is 5.92. The van der Waals surface area contributed by atoms with Crippen molar-refractivity contribution in [1.29, 1.82) is 0 Å². The Kier molecular flexibility index (Phi) is 3.51. The van der Waals surface area contributed by atoms with Crippen molar-refractivity contribution in [2.75, 3.05) is 32.4 Å². The maximum absolute atomic E-state index is 12.4. The fourth-order valence-electron chi connectivity index (χ4n) is 1.90. The van der Waals surface area contributed by atoms with Gasteiger partial charge in [-0.3, -0.25) is 4.79 Å². The predicted molar refractivity (Wildman–Crippen MR) is 72.0 cm³/mol. The molecule has 0 unspecified atom stereocenters. The highest BCUT2D eigenvalue weighted by molar-refractivity contribution is 7.89. The van der Waals surface area contributed by atoms with E-state index in [1.807, 2.05) is 0 Å². The van der Waals surface area contributed by atoms with Gasteiger partial charge in [0.1, 0.15) is 0 Å². The van der Waals surface area contributed by atoms with Crippen LogP contribution in [0.15, 0.2) is 23.1 Å². The molecule has 1 saturated heterocycles. The molecule has 0 spiro atoms. The Morgan fingerprint density at radius 1 is 1.26 bits per heavy atom. The van der Waals surface area contributed by atoms with Gasteiger partial charge in [0, 0.05) is 25.8 Å². The summed E-state index contributed by atoms with van der Waals surface area (Å²) in [6.07, 6.45) is 0. The van der Waals surface area contributed by atoms with Crippen LogP contribution in [0, 0.1) is 6.92 Å². The minimum absolute atomic E-state index is 0.109. The summed E-state index contributed by atoms with van der Waals surface area (Å²) >= 11 is 0. The third-order valence-corrected chi connectivity index (χ3v) is 5.14. The quantitative estimate of drug-likeness (QED) is 0.777. The number of likely N-dealkylation sites (N-methyl/N-ethyl adjacent to an activating group) is 1. The highest BCUT2D eigenvalue weighted by Crippen LogP contribution is 2.21. The lowest BCUT2D eigenvalue weighted by molar-refractivity contribution is -0.132. The minimum atomic E-state index is -3.63. The van der Waals surface area contributed by atoms with Crippen LogP contribution in [0.4, 0.5) is 5.69 Å². The summed E-state index contributed by atoms with van der Waals surface area (Å²) in [7, 11) is -1.96. The van der Waals surface area contributed by atoms with Gasteiger partial charge in [-0.1, -0.05) is 0 Å². The first kappa shape index (κ1) is 13.8. The molecular formula is C12H17N3O3S. The van der Waals surface area contributed by atoms with Gasteiger partial charge in [-0.25, -0.2) is 8.42 Å². The topological polar surface area (TPSA) is 83.7 Å². The number of piperazine rings is 1. The van der Waals surface area contributed by atoms with E-state index in [9.17, 15) is 13.2 Å². The fraction of sp³-hybridized carbons (Fsp3) is 0.417. The number of carbonyl (C=O) groups excluding carboxylic acids is 1. The van der Waals surface area contributed by atoms with E-state index in [0.717, 1.165) is 0 Å². The summed E-state index contributed by atoms with van der Waals surface area (Å²) < 4.78 is 26.0. The number of benzene rings is 1. The van der Waals surface area contributed by atoms with Crippen LogP contribution in [0.2, 0.25) is 0 Å². The van der Waals surface area contributed by atoms with Crippen LogP contribution < -0.4 is 5.73 Å². The molecule has 6 nitrogen and oxygen atoms in total. The summed E-state index contributed by atoms with van der Waals surface area (Å²) in [4.78, 5) is 13.3. The zero-order chi connectivity index (χ0) is 14.2. The smallest absolute Gasteiger partial charge is 0.243 e. The molecule has 1 aromatic rings. The molecule has 0 radical (unpaired) electrons.